The molecule has 0 heterocycles. The Morgan fingerprint density at radius 2 is 1.94 bits per heavy atom. The first-order valence-electron chi connectivity index (χ1n) is 6.98. The van der Waals surface area contributed by atoms with Crippen LogP contribution in [0.5, 0.6) is 0 Å². The van der Waals surface area contributed by atoms with Crippen molar-refractivity contribution in [2.45, 2.75) is 45.4 Å². The smallest absolute Gasteiger partial charge is 0.136 e. The Labute approximate surface area is 98.3 Å². The molecule has 0 spiro atoms. The first kappa shape index (κ1) is 10.6. The lowest BCUT2D eigenvalue weighted by atomic mass is 9.60. The van der Waals surface area contributed by atoms with Crippen LogP contribution < -0.4 is 0 Å². The van der Waals surface area contributed by atoms with Gasteiger partial charge in [0.25, 0.3) is 0 Å². The van der Waals surface area contributed by atoms with E-state index in [9.17, 15) is 4.79 Å². The van der Waals surface area contributed by atoms with E-state index in [4.69, 9.17) is 0 Å². The van der Waals surface area contributed by atoms with Crippen molar-refractivity contribution < 1.29 is 4.79 Å². The molecule has 0 aromatic rings. The SMILES string of the molecule is C[C@@H]1C=C[C@@H]2CCC[C@@H]3CCCC(=O)[C@H]1[C@H]32. The number of carbonyl (C=O) groups excluding carboxylic acids is 1. The Morgan fingerprint density at radius 1 is 1.12 bits per heavy atom. The maximum Gasteiger partial charge on any atom is 0.136 e. The minimum absolute atomic E-state index is 0.364. The molecule has 88 valence electrons. The largest absolute Gasteiger partial charge is 0.299 e. The molecule has 5 atom stereocenters. The third kappa shape index (κ3) is 1.56. The van der Waals surface area contributed by atoms with E-state index in [1.54, 1.807) is 0 Å². The summed E-state index contributed by atoms with van der Waals surface area (Å²) >= 11 is 0. The van der Waals surface area contributed by atoms with E-state index in [1.807, 2.05) is 0 Å². The molecule has 0 radical (unpaired) electrons. The van der Waals surface area contributed by atoms with E-state index in [1.165, 1.54) is 25.7 Å². The lowest BCUT2D eigenvalue weighted by Crippen LogP contribution is -2.40. The normalized spacial score (nSPS) is 47.3. The molecule has 0 aromatic heterocycles. The van der Waals surface area contributed by atoms with Crippen LogP contribution in [0.15, 0.2) is 12.2 Å². The fraction of sp³-hybridized carbons (Fsp3) is 0.800. The first-order chi connectivity index (χ1) is 7.77. The predicted octanol–water partition coefficient (Wildman–Crippen LogP) is 3.59. The Hall–Kier alpha value is -0.590. The highest BCUT2D eigenvalue weighted by Crippen LogP contribution is 2.49. The molecular weight excluding hydrogens is 196 g/mol. The van der Waals surface area contributed by atoms with Crippen LogP contribution in [0.25, 0.3) is 0 Å². The number of ketones is 1. The summed E-state index contributed by atoms with van der Waals surface area (Å²) in [5.41, 5.74) is 0. The summed E-state index contributed by atoms with van der Waals surface area (Å²) in [6.45, 7) is 2.24. The van der Waals surface area contributed by atoms with Crippen LogP contribution in [0.2, 0.25) is 0 Å². The molecule has 3 rings (SSSR count). The first-order valence-corrected chi connectivity index (χ1v) is 6.98. The Balaban J connectivity index is 1.98. The van der Waals surface area contributed by atoms with Gasteiger partial charge in [-0.1, -0.05) is 31.9 Å². The van der Waals surface area contributed by atoms with Gasteiger partial charge in [0, 0.05) is 12.3 Å². The zero-order valence-electron chi connectivity index (χ0n) is 10.2. The molecule has 2 fully saturated rings. The van der Waals surface area contributed by atoms with Crippen molar-refractivity contribution in [2.75, 3.05) is 0 Å². The highest BCUT2D eigenvalue weighted by atomic mass is 16.1. The molecule has 16 heavy (non-hydrogen) atoms. The summed E-state index contributed by atoms with van der Waals surface area (Å²) in [6, 6.07) is 0. The molecule has 0 bridgehead atoms. The third-order valence-corrected chi connectivity index (χ3v) is 5.16. The standard InChI is InChI=1S/C15H22O/c1-10-8-9-12-5-2-4-11-6-3-7-13(16)14(10)15(11)12/h8-12,14-15H,2-7H2,1H3/t10-,11-,12+,14+,15-/m1/s1. The van der Waals surface area contributed by atoms with Gasteiger partial charge in [0.2, 0.25) is 0 Å². The van der Waals surface area contributed by atoms with Gasteiger partial charge in [-0.15, -0.1) is 0 Å². The van der Waals surface area contributed by atoms with Crippen molar-refractivity contribution in [3.8, 4) is 0 Å². The van der Waals surface area contributed by atoms with E-state index in [-0.39, 0.29) is 0 Å². The fourth-order valence-electron chi connectivity index (χ4n) is 4.47. The second kappa shape index (κ2) is 4.01. The average Bonchev–Trinajstić information content (AvgIpc) is 2.45. The van der Waals surface area contributed by atoms with Crippen LogP contribution in [0.4, 0.5) is 0 Å². The second-order valence-corrected chi connectivity index (χ2v) is 6.06. The van der Waals surface area contributed by atoms with Crippen molar-refractivity contribution in [3.05, 3.63) is 12.2 Å². The number of carbonyl (C=O) groups is 1. The number of allylic oxidation sites excluding steroid dienone is 2. The van der Waals surface area contributed by atoms with Crippen LogP contribution >= 0.6 is 0 Å². The number of rotatable bonds is 0. The Morgan fingerprint density at radius 3 is 2.81 bits per heavy atom. The molecule has 2 saturated carbocycles. The van der Waals surface area contributed by atoms with Crippen molar-refractivity contribution in [1.29, 1.82) is 0 Å². The maximum atomic E-state index is 12.3. The van der Waals surface area contributed by atoms with Gasteiger partial charge in [0.1, 0.15) is 5.78 Å². The summed E-state index contributed by atoms with van der Waals surface area (Å²) in [5, 5.41) is 0. The quantitative estimate of drug-likeness (QED) is 0.568. The molecule has 0 aliphatic heterocycles. The zero-order valence-corrected chi connectivity index (χ0v) is 10.2. The molecule has 0 saturated heterocycles. The number of hydrogen-bond acceptors (Lipinski definition) is 1. The van der Waals surface area contributed by atoms with Crippen LogP contribution in [0, 0.1) is 29.6 Å². The molecule has 1 nitrogen and oxygen atoms in total. The van der Waals surface area contributed by atoms with E-state index in [0.29, 0.717) is 23.5 Å². The Bertz CT molecular complexity index is 317. The molecule has 0 aromatic carbocycles. The molecular formula is C15H22O. The van der Waals surface area contributed by atoms with Crippen molar-refractivity contribution >= 4 is 5.78 Å². The molecule has 0 amide bonds. The van der Waals surface area contributed by atoms with E-state index < -0.39 is 0 Å². The van der Waals surface area contributed by atoms with E-state index >= 15 is 0 Å². The summed E-state index contributed by atoms with van der Waals surface area (Å²) in [5.74, 6) is 3.69. The monoisotopic (exact) mass is 218 g/mol. The van der Waals surface area contributed by atoms with Gasteiger partial charge in [-0.25, -0.2) is 0 Å². The third-order valence-electron chi connectivity index (χ3n) is 5.16. The number of hydrogen-bond donors (Lipinski definition) is 0. The minimum atomic E-state index is 0.364. The fourth-order valence-corrected chi connectivity index (χ4v) is 4.47. The van der Waals surface area contributed by atoms with E-state index in [0.717, 1.165) is 24.7 Å². The summed E-state index contributed by atoms with van der Waals surface area (Å²) in [7, 11) is 0. The van der Waals surface area contributed by atoms with Crippen LogP contribution in [-0.2, 0) is 4.79 Å². The molecule has 3 aliphatic carbocycles. The molecule has 0 N–H and O–H groups in total. The highest BCUT2D eigenvalue weighted by molar-refractivity contribution is 5.82. The Kier molecular flexibility index (Phi) is 2.65. The van der Waals surface area contributed by atoms with Gasteiger partial charge in [-0.3, -0.25) is 4.79 Å². The van der Waals surface area contributed by atoms with Gasteiger partial charge < -0.3 is 0 Å². The van der Waals surface area contributed by atoms with Gasteiger partial charge in [-0.05, 0) is 42.9 Å². The molecule has 1 heteroatoms. The summed E-state index contributed by atoms with van der Waals surface area (Å²) < 4.78 is 0. The van der Waals surface area contributed by atoms with Gasteiger partial charge in [0.05, 0.1) is 0 Å². The topological polar surface area (TPSA) is 17.1 Å². The molecule has 3 aliphatic rings. The predicted molar refractivity (Wildman–Crippen MR) is 65.0 cm³/mol. The lowest BCUT2D eigenvalue weighted by Gasteiger charge is -2.44. The van der Waals surface area contributed by atoms with Gasteiger partial charge in [-0.2, -0.15) is 0 Å². The van der Waals surface area contributed by atoms with Gasteiger partial charge >= 0.3 is 0 Å². The van der Waals surface area contributed by atoms with Gasteiger partial charge in [0.15, 0.2) is 0 Å². The van der Waals surface area contributed by atoms with Crippen LogP contribution in [-0.4, -0.2) is 5.78 Å². The maximum absolute atomic E-state index is 12.3. The van der Waals surface area contributed by atoms with Crippen molar-refractivity contribution in [1.82, 2.24) is 0 Å². The second-order valence-electron chi connectivity index (χ2n) is 6.06. The molecule has 0 unspecified atom stereocenters. The summed E-state index contributed by atoms with van der Waals surface area (Å²) in [6.07, 6.45) is 12.1. The van der Waals surface area contributed by atoms with Crippen molar-refractivity contribution in [2.24, 2.45) is 29.6 Å². The summed E-state index contributed by atoms with van der Waals surface area (Å²) in [4.78, 5) is 12.3. The highest BCUT2D eigenvalue weighted by Gasteiger charge is 2.45. The average molecular weight is 218 g/mol. The van der Waals surface area contributed by atoms with Crippen LogP contribution in [0.3, 0.4) is 0 Å². The zero-order chi connectivity index (χ0) is 11.1. The number of Topliss-reactive ketones (excluding diaryl/α,β-unsaturated/α-hetero) is 1. The minimum Gasteiger partial charge on any atom is -0.299 e. The lowest BCUT2D eigenvalue weighted by molar-refractivity contribution is -0.127. The van der Waals surface area contributed by atoms with Crippen molar-refractivity contribution in [3.63, 3.8) is 0 Å². The van der Waals surface area contributed by atoms with Crippen LogP contribution in [0.1, 0.15) is 45.4 Å². The van der Waals surface area contributed by atoms with E-state index in [2.05, 4.69) is 19.1 Å².